The molecule has 2 aromatic carbocycles. The molecule has 0 aliphatic carbocycles. The van der Waals surface area contributed by atoms with E-state index in [-0.39, 0.29) is 0 Å². The zero-order chi connectivity index (χ0) is 19.2. The lowest BCUT2D eigenvalue weighted by Crippen LogP contribution is -2.49. The Labute approximate surface area is 157 Å². The average molecular weight is 358 g/mol. The molecule has 0 saturated heterocycles. The zero-order valence-corrected chi connectivity index (χ0v) is 16.7. The van der Waals surface area contributed by atoms with E-state index >= 15 is 0 Å². The van der Waals surface area contributed by atoms with Gasteiger partial charge in [-0.05, 0) is 63.1 Å². The van der Waals surface area contributed by atoms with Crippen molar-refractivity contribution < 1.29 is 18.9 Å². The van der Waals surface area contributed by atoms with Crippen LogP contribution in [-0.4, -0.2) is 27.4 Å². The molecule has 26 heavy (non-hydrogen) atoms. The van der Waals surface area contributed by atoms with Crippen LogP contribution in [0.15, 0.2) is 48.5 Å². The summed E-state index contributed by atoms with van der Waals surface area (Å²) < 4.78 is 23.2. The SMILES string of the molecule is CCOC(C)(c1ccc(OC)cc1)C(C)(OCC)c1ccc(OC)cc1. The molecule has 2 atom stereocenters. The van der Waals surface area contributed by atoms with E-state index in [4.69, 9.17) is 18.9 Å². The molecule has 2 aromatic rings. The monoisotopic (exact) mass is 358 g/mol. The molecule has 0 aromatic heterocycles. The summed E-state index contributed by atoms with van der Waals surface area (Å²) in [5, 5.41) is 0. The minimum atomic E-state index is -0.682. The van der Waals surface area contributed by atoms with E-state index in [1.165, 1.54) is 0 Å². The van der Waals surface area contributed by atoms with Gasteiger partial charge >= 0.3 is 0 Å². The molecule has 4 heteroatoms. The van der Waals surface area contributed by atoms with Crippen LogP contribution in [0, 0.1) is 0 Å². The maximum Gasteiger partial charge on any atom is 0.123 e. The highest BCUT2D eigenvalue weighted by atomic mass is 16.6. The van der Waals surface area contributed by atoms with Crippen LogP contribution < -0.4 is 9.47 Å². The van der Waals surface area contributed by atoms with Crippen molar-refractivity contribution in [3.63, 3.8) is 0 Å². The zero-order valence-electron chi connectivity index (χ0n) is 16.7. The van der Waals surface area contributed by atoms with Gasteiger partial charge in [0.25, 0.3) is 0 Å². The molecule has 2 unspecified atom stereocenters. The summed E-state index contributed by atoms with van der Waals surface area (Å²) in [6, 6.07) is 16.0. The van der Waals surface area contributed by atoms with Crippen molar-refractivity contribution in [3.8, 4) is 11.5 Å². The smallest absolute Gasteiger partial charge is 0.123 e. The first-order valence-corrected chi connectivity index (χ1v) is 9.02. The van der Waals surface area contributed by atoms with Crippen molar-refractivity contribution in [1.29, 1.82) is 0 Å². The van der Waals surface area contributed by atoms with E-state index in [2.05, 4.69) is 13.8 Å². The van der Waals surface area contributed by atoms with Crippen LogP contribution in [0.5, 0.6) is 11.5 Å². The number of hydrogen-bond acceptors (Lipinski definition) is 4. The van der Waals surface area contributed by atoms with Gasteiger partial charge in [-0.25, -0.2) is 0 Å². The van der Waals surface area contributed by atoms with E-state index in [9.17, 15) is 0 Å². The second-order valence-electron chi connectivity index (χ2n) is 6.39. The van der Waals surface area contributed by atoms with E-state index in [0.29, 0.717) is 13.2 Å². The number of ether oxygens (including phenoxy) is 4. The molecule has 0 amide bonds. The molecule has 0 aliphatic heterocycles. The molecule has 0 saturated carbocycles. The third-order valence-electron chi connectivity index (χ3n) is 5.06. The topological polar surface area (TPSA) is 36.9 Å². The summed E-state index contributed by atoms with van der Waals surface area (Å²) in [6.07, 6.45) is 0. The summed E-state index contributed by atoms with van der Waals surface area (Å²) in [5.74, 6) is 1.63. The van der Waals surface area contributed by atoms with Gasteiger partial charge in [0.05, 0.1) is 14.2 Å². The van der Waals surface area contributed by atoms with Crippen LogP contribution in [0.1, 0.15) is 38.8 Å². The van der Waals surface area contributed by atoms with Crippen molar-refractivity contribution in [2.24, 2.45) is 0 Å². The molecule has 0 aliphatic rings. The fourth-order valence-electron chi connectivity index (χ4n) is 3.39. The molecule has 0 N–H and O–H groups in total. The van der Waals surface area contributed by atoms with Crippen molar-refractivity contribution in [3.05, 3.63) is 59.7 Å². The molecular formula is C22H30O4. The second-order valence-corrected chi connectivity index (χ2v) is 6.39. The lowest BCUT2D eigenvalue weighted by molar-refractivity contribution is -0.203. The van der Waals surface area contributed by atoms with Crippen LogP contribution in [0.3, 0.4) is 0 Å². The third kappa shape index (κ3) is 3.71. The Bertz CT molecular complexity index is 619. The van der Waals surface area contributed by atoms with E-state index < -0.39 is 11.2 Å². The Kier molecular flexibility index (Phi) is 6.68. The van der Waals surface area contributed by atoms with Crippen LogP contribution in [-0.2, 0) is 20.7 Å². The van der Waals surface area contributed by atoms with E-state index in [1.807, 2.05) is 62.4 Å². The Morgan fingerprint density at radius 3 is 1.15 bits per heavy atom. The van der Waals surface area contributed by atoms with Gasteiger partial charge in [0.15, 0.2) is 0 Å². The Morgan fingerprint density at radius 1 is 0.615 bits per heavy atom. The minimum absolute atomic E-state index is 0.571. The average Bonchev–Trinajstić information content (AvgIpc) is 2.68. The normalized spacial score (nSPS) is 15.8. The highest BCUT2D eigenvalue weighted by molar-refractivity contribution is 5.38. The number of hydrogen-bond donors (Lipinski definition) is 0. The third-order valence-corrected chi connectivity index (χ3v) is 5.06. The van der Waals surface area contributed by atoms with Gasteiger partial charge < -0.3 is 18.9 Å². The molecule has 0 bridgehead atoms. The molecule has 0 fully saturated rings. The first-order chi connectivity index (χ1) is 12.4. The summed E-state index contributed by atoms with van der Waals surface area (Å²) in [6.45, 7) is 9.31. The van der Waals surface area contributed by atoms with Crippen LogP contribution >= 0.6 is 0 Å². The van der Waals surface area contributed by atoms with Crippen molar-refractivity contribution in [2.75, 3.05) is 27.4 Å². The molecular weight excluding hydrogens is 328 g/mol. The first kappa shape index (κ1) is 20.3. The van der Waals surface area contributed by atoms with Gasteiger partial charge in [-0.3, -0.25) is 0 Å². The van der Waals surface area contributed by atoms with E-state index in [1.54, 1.807) is 14.2 Å². The van der Waals surface area contributed by atoms with Crippen molar-refractivity contribution in [1.82, 2.24) is 0 Å². The predicted octanol–water partition coefficient (Wildman–Crippen LogP) is 4.91. The molecule has 0 heterocycles. The fourth-order valence-corrected chi connectivity index (χ4v) is 3.39. The van der Waals surface area contributed by atoms with Gasteiger partial charge in [0, 0.05) is 13.2 Å². The van der Waals surface area contributed by atoms with E-state index in [0.717, 1.165) is 22.6 Å². The summed E-state index contributed by atoms with van der Waals surface area (Å²) in [5.41, 5.74) is 0.705. The predicted molar refractivity (Wildman–Crippen MR) is 104 cm³/mol. The maximum absolute atomic E-state index is 6.32. The summed E-state index contributed by atoms with van der Waals surface area (Å²) >= 11 is 0. The van der Waals surface area contributed by atoms with Gasteiger partial charge in [0.1, 0.15) is 22.7 Å². The lowest BCUT2D eigenvalue weighted by atomic mass is 9.75. The number of methoxy groups -OCH3 is 2. The standard InChI is InChI=1S/C22H30O4/c1-7-25-21(3,17-9-13-19(23-5)14-10-17)22(4,26-8-2)18-11-15-20(24-6)16-12-18/h9-16H,7-8H2,1-6H3. The minimum Gasteiger partial charge on any atom is -0.497 e. The maximum atomic E-state index is 6.32. The number of rotatable bonds is 9. The van der Waals surface area contributed by atoms with Crippen molar-refractivity contribution >= 4 is 0 Å². The molecule has 2 rings (SSSR count). The first-order valence-electron chi connectivity index (χ1n) is 9.02. The fraction of sp³-hybridized carbons (Fsp3) is 0.455. The largest absolute Gasteiger partial charge is 0.497 e. The van der Waals surface area contributed by atoms with Gasteiger partial charge in [0.2, 0.25) is 0 Å². The summed E-state index contributed by atoms with van der Waals surface area (Å²) in [4.78, 5) is 0. The van der Waals surface area contributed by atoms with Crippen LogP contribution in [0.2, 0.25) is 0 Å². The Balaban J connectivity index is 2.58. The van der Waals surface area contributed by atoms with Crippen LogP contribution in [0.25, 0.3) is 0 Å². The number of benzene rings is 2. The molecule has 4 nitrogen and oxygen atoms in total. The van der Waals surface area contributed by atoms with Crippen molar-refractivity contribution in [2.45, 2.75) is 38.9 Å². The Morgan fingerprint density at radius 2 is 0.923 bits per heavy atom. The van der Waals surface area contributed by atoms with Crippen LogP contribution in [0.4, 0.5) is 0 Å². The Hall–Kier alpha value is -2.04. The molecule has 0 radical (unpaired) electrons. The second kappa shape index (κ2) is 8.56. The van der Waals surface area contributed by atoms with Gasteiger partial charge in [-0.1, -0.05) is 24.3 Å². The van der Waals surface area contributed by atoms with Gasteiger partial charge in [-0.15, -0.1) is 0 Å². The molecule has 0 spiro atoms. The highest BCUT2D eigenvalue weighted by Crippen LogP contribution is 2.46. The molecule has 142 valence electrons. The quantitative estimate of drug-likeness (QED) is 0.638. The summed E-state index contributed by atoms with van der Waals surface area (Å²) in [7, 11) is 3.33. The van der Waals surface area contributed by atoms with Gasteiger partial charge in [-0.2, -0.15) is 0 Å². The highest BCUT2D eigenvalue weighted by Gasteiger charge is 2.49. The lowest BCUT2D eigenvalue weighted by Gasteiger charge is -2.46.